The number of nitrogens with zero attached hydrogens (tertiary/aromatic N) is 3. The van der Waals surface area contributed by atoms with Gasteiger partial charge in [-0.15, -0.1) is 0 Å². The van der Waals surface area contributed by atoms with Crippen LogP contribution in [0, 0.1) is 0 Å². The molecule has 0 spiro atoms. The molecular weight excluding hydrogens is 302 g/mol. The Labute approximate surface area is 143 Å². The van der Waals surface area contributed by atoms with E-state index in [1.165, 1.54) is 11.3 Å². The zero-order chi connectivity index (χ0) is 17.1. The van der Waals surface area contributed by atoms with E-state index in [0.717, 1.165) is 44.4 Å². The van der Waals surface area contributed by atoms with Crippen molar-refractivity contribution in [2.45, 2.75) is 51.5 Å². The number of benzene rings is 1. The molecule has 3 rings (SSSR count). The third-order valence-corrected chi connectivity index (χ3v) is 4.88. The third-order valence-electron chi connectivity index (χ3n) is 4.88. The number of fused-ring (bicyclic) bond motifs is 1. The zero-order valence-corrected chi connectivity index (χ0v) is 14.6. The summed E-state index contributed by atoms with van der Waals surface area (Å²) in [6, 6.07) is 8.74. The van der Waals surface area contributed by atoms with Gasteiger partial charge in [-0.05, 0) is 58.3 Å². The molecule has 130 valence electrons. The van der Waals surface area contributed by atoms with Crippen LogP contribution in [-0.4, -0.2) is 45.2 Å². The van der Waals surface area contributed by atoms with E-state index in [9.17, 15) is 4.79 Å². The second-order valence-corrected chi connectivity index (χ2v) is 7.06. The molecular formula is C19H27N3O2. The molecule has 1 aliphatic rings. The lowest BCUT2D eigenvalue weighted by atomic mass is 9.96. The van der Waals surface area contributed by atoms with Crippen LogP contribution in [0.1, 0.15) is 57.3 Å². The SMILES string of the molecule is CC(C)n1c(C2CCCN(CCCC(=O)O)C2)nc2ccccc21. The summed E-state index contributed by atoms with van der Waals surface area (Å²) >= 11 is 0. The van der Waals surface area contributed by atoms with Gasteiger partial charge in [0.2, 0.25) is 0 Å². The Morgan fingerprint density at radius 3 is 2.92 bits per heavy atom. The van der Waals surface area contributed by atoms with E-state index in [1.54, 1.807) is 0 Å². The Morgan fingerprint density at radius 1 is 1.38 bits per heavy atom. The lowest BCUT2D eigenvalue weighted by Gasteiger charge is -2.33. The molecule has 1 atom stereocenters. The molecule has 1 fully saturated rings. The van der Waals surface area contributed by atoms with Gasteiger partial charge in [-0.1, -0.05) is 12.1 Å². The third kappa shape index (κ3) is 3.61. The molecule has 1 N–H and O–H groups in total. The van der Waals surface area contributed by atoms with Crippen LogP contribution in [0.2, 0.25) is 0 Å². The number of carboxylic acid groups (broad SMARTS) is 1. The fourth-order valence-electron chi connectivity index (χ4n) is 3.82. The molecule has 0 aliphatic carbocycles. The minimum atomic E-state index is -0.704. The summed E-state index contributed by atoms with van der Waals surface area (Å²) in [6.07, 6.45) is 3.29. The molecule has 1 saturated heterocycles. The summed E-state index contributed by atoms with van der Waals surface area (Å²) in [5.41, 5.74) is 2.29. The van der Waals surface area contributed by atoms with Crippen LogP contribution >= 0.6 is 0 Å². The minimum absolute atomic E-state index is 0.256. The highest BCUT2D eigenvalue weighted by Gasteiger charge is 2.26. The fourth-order valence-corrected chi connectivity index (χ4v) is 3.82. The van der Waals surface area contributed by atoms with Gasteiger partial charge in [0.15, 0.2) is 0 Å². The van der Waals surface area contributed by atoms with E-state index < -0.39 is 5.97 Å². The molecule has 2 aromatic rings. The first-order valence-electron chi connectivity index (χ1n) is 8.97. The van der Waals surface area contributed by atoms with E-state index in [2.05, 4.69) is 41.5 Å². The van der Waals surface area contributed by atoms with Gasteiger partial charge < -0.3 is 14.6 Å². The second kappa shape index (κ2) is 7.34. The van der Waals surface area contributed by atoms with Crippen molar-refractivity contribution in [2.75, 3.05) is 19.6 Å². The topological polar surface area (TPSA) is 58.4 Å². The number of likely N-dealkylation sites (tertiary alicyclic amines) is 1. The Kier molecular flexibility index (Phi) is 5.19. The van der Waals surface area contributed by atoms with Crippen LogP contribution in [0.15, 0.2) is 24.3 Å². The quantitative estimate of drug-likeness (QED) is 0.878. The maximum Gasteiger partial charge on any atom is 0.303 e. The number of para-hydroxylation sites is 2. The number of aliphatic carboxylic acids is 1. The van der Waals surface area contributed by atoms with E-state index in [0.29, 0.717) is 12.0 Å². The van der Waals surface area contributed by atoms with Crippen LogP contribution in [0.3, 0.4) is 0 Å². The lowest BCUT2D eigenvalue weighted by molar-refractivity contribution is -0.137. The summed E-state index contributed by atoms with van der Waals surface area (Å²) in [6.45, 7) is 7.34. The molecule has 0 saturated carbocycles. The van der Waals surface area contributed by atoms with E-state index in [4.69, 9.17) is 10.1 Å². The summed E-state index contributed by atoms with van der Waals surface area (Å²) in [5, 5.41) is 8.82. The summed E-state index contributed by atoms with van der Waals surface area (Å²) in [7, 11) is 0. The maximum absolute atomic E-state index is 10.7. The van der Waals surface area contributed by atoms with Crippen molar-refractivity contribution in [2.24, 2.45) is 0 Å². The number of piperidine rings is 1. The zero-order valence-electron chi connectivity index (χ0n) is 14.6. The molecule has 0 amide bonds. The fraction of sp³-hybridized carbons (Fsp3) is 0.579. The van der Waals surface area contributed by atoms with Crippen molar-refractivity contribution < 1.29 is 9.90 Å². The number of carboxylic acids is 1. The highest BCUT2D eigenvalue weighted by molar-refractivity contribution is 5.76. The second-order valence-electron chi connectivity index (χ2n) is 7.06. The average Bonchev–Trinajstić information content (AvgIpc) is 2.94. The lowest BCUT2D eigenvalue weighted by Crippen LogP contribution is -2.36. The number of carbonyl (C=O) groups is 1. The Morgan fingerprint density at radius 2 is 2.17 bits per heavy atom. The molecule has 0 radical (unpaired) electrons. The summed E-state index contributed by atoms with van der Waals surface area (Å²) in [5.74, 6) is 0.915. The smallest absolute Gasteiger partial charge is 0.303 e. The molecule has 24 heavy (non-hydrogen) atoms. The van der Waals surface area contributed by atoms with Crippen molar-refractivity contribution in [3.05, 3.63) is 30.1 Å². The predicted molar refractivity (Wildman–Crippen MR) is 95.4 cm³/mol. The van der Waals surface area contributed by atoms with Crippen LogP contribution in [-0.2, 0) is 4.79 Å². The van der Waals surface area contributed by atoms with E-state index in [-0.39, 0.29) is 6.42 Å². The number of rotatable bonds is 6. The molecule has 2 heterocycles. The van der Waals surface area contributed by atoms with Crippen LogP contribution < -0.4 is 0 Å². The predicted octanol–water partition coefficient (Wildman–Crippen LogP) is 3.66. The first kappa shape index (κ1) is 17.0. The van der Waals surface area contributed by atoms with Crippen molar-refractivity contribution >= 4 is 17.0 Å². The number of imidazole rings is 1. The molecule has 1 aliphatic heterocycles. The summed E-state index contributed by atoms with van der Waals surface area (Å²) in [4.78, 5) is 18.1. The van der Waals surface area contributed by atoms with Gasteiger partial charge in [-0.25, -0.2) is 4.98 Å². The van der Waals surface area contributed by atoms with Gasteiger partial charge in [-0.3, -0.25) is 4.79 Å². The Hall–Kier alpha value is -1.88. The molecule has 1 aromatic carbocycles. The van der Waals surface area contributed by atoms with Crippen molar-refractivity contribution in [3.8, 4) is 0 Å². The van der Waals surface area contributed by atoms with E-state index in [1.807, 2.05) is 6.07 Å². The van der Waals surface area contributed by atoms with Gasteiger partial charge in [0.1, 0.15) is 5.82 Å². The van der Waals surface area contributed by atoms with Gasteiger partial charge in [0.05, 0.1) is 11.0 Å². The van der Waals surface area contributed by atoms with E-state index >= 15 is 0 Å². The van der Waals surface area contributed by atoms with Crippen molar-refractivity contribution in [1.82, 2.24) is 14.5 Å². The first-order valence-corrected chi connectivity index (χ1v) is 8.97. The number of hydrogen-bond acceptors (Lipinski definition) is 3. The Bertz CT molecular complexity index is 708. The molecule has 5 nitrogen and oxygen atoms in total. The Balaban J connectivity index is 1.79. The molecule has 5 heteroatoms. The monoisotopic (exact) mass is 329 g/mol. The van der Waals surface area contributed by atoms with Gasteiger partial charge in [0, 0.05) is 24.9 Å². The normalized spacial score (nSPS) is 19.2. The van der Waals surface area contributed by atoms with Gasteiger partial charge in [-0.2, -0.15) is 0 Å². The average molecular weight is 329 g/mol. The molecule has 1 aromatic heterocycles. The van der Waals surface area contributed by atoms with Crippen LogP contribution in [0.4, 0.5) is 0 Å². The van der Waals surface area contributed by atoms with Gasteiger partial charge >= 0.3 is 5.97 Å². The highest BCUT2D eigenvalue weighted by Crippen LogP contribution is 2.31. The number of aromatic nitrogens is 2. The van der Waals surface area contributed by atoms with Crippen LogP contribution in [0.25, 0.3) is 11.0 Å². The molecule has 0 bridgehead atoms. The number of hydrogen-bond donors (Lipinski definition) is 1. The standard InChI is InChI=1S/C19H27N3O2/c1-14(2)22-17-9-4-3-8-16(17)20-19(22)15-7-5-11-21(13-15)12-6-10-18(23)24/h3-4,8-9,14-15H,5-7,10-13H2,1-2H3,(H,23,24). The maximum atomic E-state index is 10.7. The molecule has 1 unspecified atom stereocenters. The van der Waals surface area contributed by atoms with Crippen LogP contribution in [0.5, 0.6) is 0 Å². The van der Waals surface area contributed by atoms with Crippen molar-refractivity contribution in [1.29, 1.82) is 0 Å². The highest BCUT2D eigenvalue weighted by atomic mass is 16.4. The summed E-state index contributed by atoms with van der Waals surface area (Å²) < 4.78 is 2.38. The van der Waals surface area contributed by atoms with Crippen molar-refractivity contribution in [3.63, 3.8) is 0 Å². The minimum Gasteiger partial charge on any atom is -0.481 e. The van der Waals surface area contributed by atoms with Gasteiger partial charge in [0.25, 0.3) is 0 Å². The largest absolute Gasteiger partial charge is 0.481 e. The first-order chi connectivity index (χ1) is 11.6.